The summed E-state index contributed by atoms with van der Waals surface area (Å²) in [6.07, 6.45) is 1.72. The van der Waals surface area contributed by atoms with E-state index >= 15 is 4.39 Å². The number of carbonyl (C=O) groups is 2. The van der Waals surface area contributed by atoms with Crippen LogP contribution in [0.3, 0.4) is 0 Å². The van der Waals surface area contributed by atoms with Crippen LogP contribution >= 0.6 is 12.2 Å². The summed E-state index contributed by atoms with van der Waals surface area (Å²) in [5, 5.41) is 14.0. The zero-order valence-corrected chi connectivity index (χ0v) is 22.0. The molecule has 1 amide bonds. The van der Waals surface area contributed by atoms with E-state index in [-0.39, 0.29) is 45.7 Å². The van der Waals surface area contributed by atoms with Gasteiger partial charge in [-0.2, -0.15) is 0 Å². The molecule has 0 spiro atoms. The lowest BCUT2D eigenvalue weighted by atomic mass is 10.1. The first kappa shape index (κ1) is 26.0. The molecule has 2 aliphatic rings. The number of carbonyl (C=O) groups excluding carboxylic acids is 2. The van der Waals surface area contributed by atoms with E-state index in [1.54, 1.807) is 37.2 Å². The van der Waals surface area contributed by atoms with Crippen LogP contribution in [0.1, 0.15) is 63.4 Å². The fourth-order valence-electron chi connectivity index (χ4n) is 4.60. The Bertz CT molecular complexity index is 1270. The van der Waals surface area contributed by atoms with Gasteiger partial charge in [-0.15, -0.1) is 0 Å². The number of rotatable bonds is 6. The molecule has 4 rings (SSSR count). The van der Waals surface area contributed by atoms with E-state index in [4.69, 9.17) is 26.4 Å². The number of benzene rings is 1. The van der Waals surface area contributed by atoms with Crippen LogP contribution in [0.25, 0.3) is 10.9 Å². The number of alkyl carbamates (subject to hydrolysis) is 1. The van der Waals surface area contributed by atoms with Gasteiger partial charge in [-0.05, 0) is 53.0 Å². The largest absolute Gasteiger partial charge is 0.506 e. The highest BCUT2D eigenvalue weighted by atomic mass is 32.1. The molecule has 9 nitrogen and oxygen atoms in total. The molecular weight excluding hydrogens is 489 g/mol. The third kappa shape index (κ3) is 4.93. The van der Waals surface area contributed by atoms with Crippen molar-refractivity contribution in [3.05, 3.63) is 22.1 Å². The Morgan fingerprint density at radius 2 is 1.97 bits per heavy atom. The van der Waals surface area contributed by atoms with Crippen molar-refractivity contribution in [1.29, 1.82) is 0 Å². The van der Waals surface area contributed by atoms with Crippen molar-refractivity contribution < 1.29 is 33.3 Å². The van der Waals surface area contributed by atoms with E-state index in [0.717, 1.165) is 12.8 Å². The van der Waals surface area contributed by atoms with E-state index in [0.29, 0.717) is 25.0 Å². The Kier molecular flexibility index (Phi) is 7.05. The van der Waals surface area contributed by atoms with Gasteiger partial charge in [0.05, 0.1) is 25.3 Å². The fourth-order valence-corrected chi connectivity index (χ4v) is 5.02. The first-order valence-corrected chi connectivity index (χ1v) is 12.5. The van der Waals surface area contributed by atoms with E-state index < -0.39 is 29.2 Å². The first-order chi connectivity index (χ1) is 17.0. The third-order valence-electron chi connectivity index (χ3n) is 6.17. The topological polar surface area (TPSA) is 102 Å². The van der Waals surface area contributed by atoms with Crippen LogP contribution in [-0.4, -0.2) is 60.2 Å². The summed E-state index contributed by atoms with van der Waals surface area (Å²) in [7, 11) is 1.43. The number of esters is 1. The van der Waals surface area contributed by atoms with Gasteiger partial charge in [-0.25, -0.2) is 14.0 Å². The van der Waals surface area contributed by atoms with Gasteiger partial charge in [-0.1, -0.05) is 12.2 Å². The molecule has 1 aromatic heterocycles. The van der Waals surface area contributed by atoms with E-state index in [1.807, 2.05) is 0 Å². The quantitative estimate of drug-likeness (QED) is 0.411. The molecule has 1 aliphatic heterocycles. The highest BCUT2D eigenvalue weighted by Gasteiger charge is 2.35. The van der Waals surface area contributed by atoms with E-state index in [1.165, 1.54) is 13.2 Å². The number of ether oxygens (including phenoxy) is 3. The highest BCUT2D eigenvalue weighted by Crippen LogP contribution is 2.48. The zero-order chi connectivity index (χ0) is 26.4. The molecular formula is C25H32FN3O6S. The molecule has 0 radical (unpaired) electrons. The van der Waals surface area contributed by atoms with Crippen molar-refractivity contribution in [3.8, 4) is 11.5 Å². The summed E-state index contributed by atoms with van der Waals surface area (Å²) in [4.78, 5) is 26.6. The number of aromatic nitrogens is 1. The lowest BCUT2D eigenvalue weighted by molar-refractivity contribution is 0.0502. The van der Waals surface area contributed by atoms with Crippen LogP contribution in [-0.2, 0) is 9.47 Å². The van der Waals surface area contributed by atoms with Gasteiger partial charge < -0.3 is 34.1 Å². The molecule has 2 N–H and O–H groups in total. The zero-order valence-electron chi connectivity index (χ0n) is 21.1. The van der Waals surface area contributed by atoms with Crippen molar-refractivity contribution in [2.75, 3.05) is 31.7 Å². The molecule has 196 valence electrons. The normalized spacial score (nSPS) is 17.8. The van der Waals surface area contributed by atoms with Gasteiger partial charge >= 0.3 is 12.1 Å². The number of nitrogens with zero attached hydrogens (tertiary/aromatic N) is 2. The number of halogens is 1. The van der Waals surface area contributed by atoms with Crippen LogP contribution in [0, 0.1) is 10.5 Å². The van der Waals surface area contributed by atoms with Crippen LogP contribution < -0.4 is 15.0 Å². The van der Waals surface area contributed by atoms with Crippen LogP contribution in [0.5, 0.6) is 11.5 Å². The van der Waals surface area contributed by atoms with Crippen molar-refractivity contribution >= 4 is 40.9 Å². The maximum absolute atomic E-state index is 15.6. The number of hydrogen-bond acceptors (Lipinski definition) is 8. The number of amides is 1. The molecule has 2 heterocycles. The summed E-state index contributed by atoms with van der Waals surface area (Å²) in [5.74, 6) is -1.59. The van der Waals surface area contributed by atoms with Crippen LogP contribution in [0.15, 0.2) is 6.07 Å². The summed E-state index contributed by atoms with van der Waals surface area (Å²) < 4.78 is 33.7. The average Bonchev–Trinajstić information content (AvgIpc) is 3.51. The predicted molar refractivity (Wildman–Crippen MR) is 135 cm³/mol. The van der Waals surface area contributed by atoms with Gasteiger partial charge in [0, 0.05) is 24.5 Å². The minimum atomic E-state index is -0.754. The second-order valence-corrected chi connectivity index (χ2v) is 10.5. The minimum absolute atomic E-state index is 0.00106. The van der Waals surface area contributed by atoms with Gasteiger partial charge in [0.15, 0.2) is 11.6 Å². The van der Waals surface area contributed by atoms with E-state index in [9.17, 15) is 14.7 Å². The number of pyridine rings is 1. The standard InChI is InChI=1S/C25H32FN3O6S/c1-6-34-23(31)17-20(30)15-11-16(26)19(21(33-5)18(15)29(22(17)36)14-7-8-14)28-10-9-13(12-28)27-24(32)35-25(2,3)4/h11,13-14,30H,6-10,12H2,1-5H3,(H,27,32)/t13-/m0/s1. The Balaban J connectivity index is 1.78. The van der Waals surface area contributed by atoms with Gasteiger partial charge in [-0.3, -0.25) is 0 Å². The summed E-state index contributed by atoms with van der Waals surface area (Å²) >= 11 is 5.62. The molecule has 0 unspecified atom stereocenters. The maximum atomic E-state index is 15.6. The number of anilines is 1. The van der Waals surface area contributed by atoms with Gasteiger partial charge in [0.1, 0.15) is 27.2 Å². The fraction of sp³-hybridized carbons (Fsp3) is 0.560. The molecule has 2 aromatic rings. The van der Waals surface area contributed by atoms with Crippen molar-refractivity contribution in [2.24, 2.45) is 0 Å². The Hall–Kier alpha value is -3.08. The monoisotopic (exact) mass is 521 g/mol. The molecule has 1 saturated heterocycles. The van der Waals surface area contributed by atoms with Gasteiger partial charge in [0.25, 0.3) is 0 Å². The number of nitrogens with one attached hydrogen (secondary N) is 1. The Labute approximate surface area is 214 Å². The maximum Gasteiger partial charge on any atom is 0.407 e. The van der Waals surface area contributed by atoms with Crippen molar-refractivity contribution in [3.63, 3.8) is 0 Å². The summed E-state index contributed by atoms with van der Waals surface area (Å²) in [6, 6.07) is 0.957. The molecule has 11 heteroatoms. The Morgan fingerprint density at radius 1 is 1.28 bits per heavy atom. The predicted octanol–water partition coefficient (Wildman–Crippen LogP) is 4.84. The van der Waals surface area contributed by atoms with Crippen molar-refractivity contribution in [2.45, 2.75) is 64.6 Å². The van der Waals surface area contributed by atoms with Crippen LogP contribution in [0.4, 0.5) is 14.9 Å². The molecule has 1 saturated carbocycles. The lowest BCUT2D eigenvalue weighted by Crippen LogP contribution is -2.40. The van der Waals surface area contributed by atoms with Crippen LogP contribution in [0.2, 0.25) is 0 Å². The lowest BCUT2D eigenvalue weighted by Gasteiger charge is -2.26. The molecule has 0 bridgehead atoms. The number of fused-ring (bicyclic) bond motifs is 1. The third-order valence-corrected chi connectivity index (χ3v) is 6.57. The summed E-state index contributed by atoms with van der Waals surface area (Å²) in [5.41, 5.74) is -0.136. The Morgan fingerprint density at radius 3 is 2.56 bits per heavy atom. The second-order valence-electron chi connectivity index (χ2n) is 10.1. The molecule has 36 heavy (non-hydrogen) atoms. The minimum Gasteiger partial charge on any atom is -0.506 e. The summed E-state index contributed by atoms with van der Waals surface area (Å²) in [6.45, 7) is 7.93. The number of aromatic hydroxyl groups is 1. The first-order valence-electron chi connectivity index (χ1n) is 12.1. The smallest absolute Gasteiger partial charge is 0.407 e. The SMILES string of the molecule is CCOC(=O)c1c(O)c2cc(F)c(N3CC[C@H](NC(=O)OC(C)(C)C)C3)c(OC)c2n(C2CC2)c1=S. The second kappa shape index (κ2) is 9.76. The molecule has 1 aliphatic carbocycles. The average molecular weight is 522 g/mol. The highest BCUT2D eigenvalue weighted by molar-refractivity contribution is 7.71. The molecule has 1 aromatic carbocycles. The number of hydrogen-bond donors (Lipinski definition) is 2. The number of methoxy groups -OCH3 is 1. The molecule has 1 atom stereocenters. The molecule has 2 fully saturated rings. The van der Waals surface area contributed by atoms with Crippen molar-refractivity contribution in [1.82, 2.24) is 9.88 Å². The van der Waals surface area contributed by atoms with E-state index in [2.05, 4.69) is 5.32 Å². The van der Waals surface area contributed by atoms with Gasteiger partial charge in [0.2, 0.25) is 0 Å².